The summed E-state index contributed by atoms with van der Waals surface area (Å²) in [5.41, 5.74) is 10.6. The molecule has 0 radical (unpaired) electrons. The molecule has 0 aromatic rings. The molecule has 0 aliphatic carbocycles. The monoisotopic (exact) mass is 164 g/mol. The lowest BCUT2D eigenvalue weighted by Crippen LogP contribution is -2.24. The van der Waals surface area contributed by atoms with Crippen molar-refractivity contribution in [2.75, 3.05) is 18.8 Å². The van der Waals surface area contributed by atoms with E-state index in [0.29, 0.717) is 24.1 Å². The number of aliphatic hydroxyl groups excluding tert-OH is 1. The van der Waals surface area contributed by atoms with Crippen LogP contribution in [0, 0.1) is 0 Å². The van der Waals surface area contributed by atoms with E-state index in [1.807, 2.05) is 6.92 Å². The summed E-state index contributed by atoms with van der Waals surface area (Å²) in [4.78, 5) is 0. The second-order valence-corrected chi connectivity index (χ2v) is 3.74. The van der Waals surface area contributed by atoms with Gasteiger partial charge in [0.1, 0.15) is 0 Å². The van der Waals surface area contributed by atoms with Gasteiger partial charge >= 0.3 is 0 Å². The Morgan fingerprint density at radius 1 is 1.40 bits per heavy atom. The van der Waals surface area contributed by atoms with Crippen molar-refractivity contribution < 1.29 is 5.11 Å². The molecule has 0 aliphatic rings. The maximum Gasteiger partial charge on any atom is 0.0752 e. The Hall–Kier alpha value is 0.230. The summed E-state index contributed by atoms with van der Waals surface area (Å²) in [6.07, 6.45) is -0.376. The summed E-state index contributed by atoms with van der Waals surface area (Å²) < 4.78 is 0. The van der Waals surface area contributed by atoms with Crippen LogP contribution in [0.2, 0.25) is 0 Å². The Labute approximate surface area is 66.2 Å². The second kappa shape index (κ2) is 5.97. The van der Waals surface area contributed by atoms with Gasteiger partial charge < -0.3 is 16.6 Å². The zero-order valence-electron chi connectivity index (χ0n) is 6.29. The fraction of sp³-hybridized carbons (Fsp3) is 1.00. The number of nitrogens with two attached hydrogens (primary N) is 2. The molecule has 0 rings (SSSR count). The van der Waals surface area contributed by atoms with Crippen LogP contribution in [0.5, 0.6) is 0 Å². The molecule has 0 bridgehead atoms. The highest BCUT2D eigenvalue weighted by molar-refractivity contribution is 7.99. The summed E-state index contributed by atoms with van der Waals surface area (Å²) >= 11 is 1.65. The van der Waals surface area contributed by atoms with Gasteiger partial charge in [-0.25, -0.2) is 0 Å². The molecule has 0 saturated carbocycles. The molecule has 2 atom stereocenters. The van der Waals surface area contributed by atoms with Gasteiger partial charge in [0.2, 0.25) is 0 Å². The van der Waals surface area contributed by atoms with Gasteiger partial charge in [0.25, 0.3) is 0 Å². The molecule has 0 aromatic heterocycles. The van der Waals surface area contributed by atoms with Crippen molar-refractivity contribution in [3.05, 3.63) is 0 Å². The largest absolute Gasteiger partial charge is 0.391 e. The second-order valence-electron chi connectivity index (χ2n) is 2.27. The lowest BCUT2D eigenvalue weighted by Gasteiger charge is -2.10. The molecular formula is C6H16N2OS. The van der Waals surface area contributed by atoms with Crippen molar-refractivity contribution in [1.82, 2.24) is 0 Å². The van der Waals surface area contributed by atoms with Gasteiger partial charge in [0.15, 0.2) is 0 Å². The van der Waals surface area contributed by atoms with E-state index in [4.69, 9.17) is 16.6 Å². The molecular weight excluding hydrogens is 148 g/mol. The van der Waals surface area contributed by atoms with Gasteiger partial charge in [-0.3, -0.25) is 0 Å². The maximum atomic E-state index is 9.02. The molecule has 0 fully saturated rings. The highest BCUT2D eigenvalue weighted by Gasteiger charge is 2.04. The van der Waals surface area contributed by atoms with E-state index >= 15 is 0 Å². The average Bonchev–Trinajstić information content (AvgIpc) is 1.99. The first-order valence-electron chi connectivity index (χ1n) is 3.40. The molecule has 3 nitrogen and oxygen atoms in total. The van der Waals surface area contributed by atoms with Crippen LogP contribution in [0.3, 0.4) is 0 Å². The third-order valence-electron chi connectivity index (χ3n) is 1.18. The molecule has 0 aromatic carbocycles. The Kier molecular flexibility index (Phi) is 6.11. The number of aliphatic hydroxyl groups is 1. The number of thioether (sulfide) groups is 1. The molecule has 2 unspecified atom stereocenters. The SMILES string of the molecule is CC(CN)SCC(O)CN. The van der Waals surface area contributed by atoms with Crippen molar-refractivity contribution in [2.45, 2.75) is 18.3 Å². The summed E-state index contributed by atoms with van der Waals surface area (Å²) in [6, 6.07) is 0. The lowest BCUT2D eigenvalue weighted by molar-refractivity contribution is 0.208. The highest BCUT2D eigenvalue weighted by atomic mass is 32.2. The first-order chi connectivity index (χ1) is 4.70. The van der Waals surface area contributed by atoms with Gasteiger partial charge in [-0.15, -0.1) is 0 Å². The van der Waals surface area contributed by atoms with Crippen LogP contribution in [0.1, 0.15) is 6.92 Å². The molecule has 62 valence electrons. The summed E-state index contributed by atoms with van der Waals surface area (Å²) in [6.45, 7) is 3.03. The van der Waals surface area contributed by atoms with Crippen LogP contribution in [-0.2, 0) is 0 Å². The standard InChI is InChI=1S/C6H16N2OS/c1-5(2-7)10-4-6(9)3-8/h5-6,9H,2-4,7-8H2,1H3. The molecule has 0 aliphatic heterocycles. The first kappa shape index (κ1) is 10.2. The van der Waals surface area contributed by atoms with E-state index in [-0.39, 0.29) is 6.10 Å². The third-order valence-corrected chi connectivity index (χ3v) is 2.52. The molecule has 10 heavy (non-hydrogen) atoms. The predicted octanol–water partition coefficient (Wildman–Crippen LogP) is -0.614. The minimum atomic E-state index is -0.376. The van der Waals surface area contributed by atoms with E-state index in [9.17, 15) is 0 Å². The summed E-state index contributed by atoms with van der Waals surface area (Å²) in [5.74, 6) is 0.689. The van der Waals surface area contributed by atoms with Crippen LogP contribution in [0.25, 0.3) is 0 Å². The summed E-state index contributed by atoms with van der Waals surface area (Å²) in [5, 5.41) is 9.43. The van der Waals surface area contributed by atoms with E-state index in [2.05, 4.69) is 0 Å². The molecule has 0 amide bonds. The number of rotatable bonds is 5. The smallest absolute Gasteiger partial charge is 0.0752 e. The lowest BCUT2D eigenvalue weighted by atomic mass is 10.4. The zero-order chi connectivity index (χ0) is 7.98. The Bertz CT molecular complexity index is 72.1. The molecule has 0 spiro atoms. The fourth-order valence-electron chi connectivity index (χ4n) is 0.411. The molecule has 0 saturated heterocycles. The van der Waals surface area contributed by atoms with Gasteiger partial charge in [-0.05, 0) is 0 Å². The number of hydrogen-bond donors (Lipinski definition) is 3. The van der Waals surface area contributed by atoms with Crippen molar-refractivity contribution in [3.63, 3.8) is 0 Å². The van der Waals surface area contributed by atoms with Gasteiger partial charge in [0.05, 0.1) is 6.10 Å². The van der Waals surface area contributed by atoms with Crippen LogP contribution >= 0.6 is 11.8 Å². The van der Waals surface area contributed by atoms with Gasteiger partial charge in [-0.1, -0.05) is 6.92 Å². The topological polar surface area (TPSA) is 72.3 Å². The van der Waals surface area contributed by atoms with Crippen LogP contribution in [0.4, 0.5) is 0 Å². The van der Waals surface area contributed by atoms with Gasteiger partial charge in [0, 0.05) is 24.1 Å². The van der Waals surface area contributed by atoms with Crippen LogP contribution in [0.15, 0.2) is 0 Å². The Morgan fingerprint density at radius 3 is 2.40 bits per heavy atom. The minimum absolute atomic E-state index is 0.338. The first-order valence-corrected chi connectivity index (χ1v) is 4.45. The van der Waals surface area contributed by atoms with E-state index in [1.54, 1.807) is 11.8 Å². The Morgan fingerprint density at radius 2 is 2.00 bits per heavy atom. The van der Waals surface area contributed by atoms with E-state index in [1.165, 1.54) is 0 Å². The van der Waals surface area contributed by atoms with E-state index in [0.717, 1.165) is 0 Å². The number of hydrogen-bond acceptors (Lipinski definition) is 4. The normalized spacial score (nSPS) is 16.8. The third kappa shape index (κ3) is 5.05. The predicted molar refractivity (Wildman–Crippen MR) is 46.0 cm³/mol. The zero-order valence-corrected chi connectivity index (χ0v) is 7.10. The van der Waals surface area contributed by atoms with Crippen LogP contribution < -0.4 is 11.5 Å². The minimum Gasteiger partial charge on any atom is -0.391 e. The van der Waals surface area contributed by atoms with Crippen molar-refractivity contribution in [2.24, 2.45) is 11.5 Å². The quantitative estimate of drug-likeness (QED) is 0.507. The fourth-order valence-corrected chi connectivity index (χ4v) is 1.23. The molecule has 5 N–H and O–H groups in total. The van der Waals surface area contributed by atoms with Crippen molar-refractivity contribution in [1.29, 1.82) is 0 Å². The Balaban J connectivity index is 3.17. The highest BCUT2D eigenvalue weighted by Crippen LogP contribution is 2.09. The average molecular weight is 164 g/mol. The maximum absolute atomic E-state index is 9.02. The molecule has 4 heteroatoms. The van der Waals surface area contributed by atoms with Crippen LogP contribution in [-0.4, -0.2) is 35.3 Å². The molecule has 0 heterocycles. The van der Waals surface area contributed by atoms with Crippen molar-refractivity contribution in [3.8, 4) is 0 Å². The van der Waals surface area contributed by atoms with E-state index < -0.39 is 0 Å². The van der Waals surface area contributed by atoms with Crippen molar-refractivity contribution >= 4 is 11.8 Å². The summed E-state index contributed by atoms with van der Waals surface area (Å²) in [7, 11) is 0. The van der Waals surface area contributed by atoms with Gasteiger partial charge in [-0.2, -0.15) is 11.8 Å².